The summed E-state index contributed by atoms with van der Waals surface area (Å²) in [5.41, 5.74) is 0. The largest absolute Gasteiger partial charge is 0.314 e. The molecule has 1 aliphatic heterocycles. The third kappa shape index (κ3) is 5.87. The molecule has 0 aromatic rings. The van der Waals surface area contributed by atoms with Crippen LogP contribution in [0.3, 0.4) is 0 Å². The average Bonchev–Trinajstić information content (AvgIpc) is 2.35. The number of hydrogen-bond acceptors (Lipinski definition) is 2. The summed E-state index contributed by atoms with van der Waals surface area (Å²) in [7, 11) is 0. The van der Waals surface area contributed by atoms with Crippen molar-refractivity contribution in [2.75, 3.05) is 19.6 Å². The highest BCUT2D eigenvalue weighted by Crippen LogP contribution is 2.16. The zero-order valence-electron chi connectivity index (χ0n) is 12.2. The monoisotopic (exact) mass is 240 g/mol. The normalized spacial score (nSPS) is 23.8. The molecule has 0 aromatic heterocycles. The lowest BCUT2D eigenvalue weighted by molar-refractivity contribution is 0.158. The van der Waals surface area contributed by atoms with Crippen LogP contribution in [0.5, 0.6) is 0 Å². The minimum atomic E-state index is 0.749. The second-order valence-electron chi connectivity index (χ2n) is 5.58. The van der Waals surface area contributed by atoms with Gasteiger partial charge in [-0.3, -0.25) is 0 Å². The second-order valence-corrected chi connectivity index (χ2v) is 5.58. The Kier molecular flexibility index (Phi) is 7.87. The van der Waals surface area contributed by atoms with Crippen LogP contribution < -0.4 is 5.32 Å². The van der Waals surface area contributed by atoms with E-state index in [1.54, 1.807) is 0 Å². The van der Waals surface area contributed by atoms with Crippen LogP contribution in [-0.2, 0) is 0 Å². The van der Waals surface area contributed by atoms with E-state index in [4.69, 9.17) is 0 Å². The molecule has 0 saturated carbocycles. The Bertz CT molecular complexity index is 182. The van der Waals surface area contributed by atoms with Gasteiger partial charge in [-0.2, -0.15) is 0 Å². The van der Waals surface area contributed by atoms with Crippen molar-refractivity contribution in [3.8, 4) is 0 Å². The van der Waals surface area contributed by atoms with Gasteiger partial charge in [-0.1, -0.05) is 26.7 Å². The van der Waals surface area contributed by atoms with E-state index in [2.05, 4.69) is 31.0 Å². The van der Waals surface area contributed by atoms with Gasteiger partial charge < -0.3 is 10.2 Å². The van der Waals surface area contributed by atoms with Crippen LogP contribution in [0.15, 0.2) is 0 Å². The van der Waals surface area contributed by atoms with Crippen LogP contribution >= 0.6 is 0 Å². The lowest BCUT2D eigenvalue weighted by Crippen LogP contribution is -2.39. The first-order valence-corrected chi connectivity index (χ1v) is 7.75. The van der Waals surface area contributed by atoms with E-state index < -0.39 is 0 Å². The minimum Gasteiger partial charge on any atom is -0.314 e. The van der Waals surface area contributed by atoms with Crippen LogP contribution in [0, 0.1) is 0 Å². The topological polar surface area (TPSA) is 15.3 Å². The second kappa shape index (κ2) is 8.93. The third-order valence-corrected chi connectivity index (χ3v) is 4.13. The molecule has 102 valence electrons. The molecule has 17 heavy (non-hydrogen) atoms. The maximum atomic E-state index is 3.70. The van der Waals surface area contributed by atoms with Crippen molar-refractivity contribution in [1.82, 2.24) is 10.2 Å². The van der Waals surface area contributed by atoms with Crippen molar-refractivity contribution >= 4 is 0 Å². The van der Waals surface area contributed by atoms with E-state index in [-0.39, 0.29) is 0 Å². The predicted octanol–water partition coefficient (Wildman–Crippen LogP) is 3.42. The molecule has 1 fully saturated rings. The van der Waals surface area contributed by atoms with E-state index in [0.717, 1.165) is 12.1 Å². The first-order chi connectivity index (χ1) is 8.27. The van der Waals surface area contributed by atoms with Gasteiger partial charge in [0.2, 0.25) is 0 Å². The van der Waals surface area contributed by atoms with Crippen LogP contribution in [0.4, 0.5) is 0 Å². The molecular formula is C15H32N2. The Morgan fingerprint density at radius 2 is 2.12 bits per heavy atom. The molecule has 2 atom stereocenters. The highest BCUT2D eigenvalue weighted by molar-refractivity contribution is 4.73. The molecule has 1 N–H and O–H groups in total. The molecule has 0 radical (unpaired) electrons. The molecular weight excluding hydrogens is 208 g/mol. The Labute approximate surface area is 108 Å². The Morgan fingerprint density at radius 3 is 2.76 bits per heavy atom. The Hall–Kier alpha value is -0.0800. The quantitative estimate of drug-likeness (QED) is 0.654. The smallest absolute Gasteiger partial charge is 0.00669 e. The summed E-state index contributed by atoms with van der Waals surface area (Å²) in [5, 5.41) is 3.70. The van der Waals surface area contributed by atoms with Crippen LogP contribution in [0.2, 0.25) is 0 Å². The summed E-state index contributed by atoms with van der Waals surface area (Å²) in [6.07, 6.45) is 9.46. The molecule has 0 aliphatic carbocycles. The molecule has 2 heteroatoms. The molecule has 2 unspecified atom stereocenters. The molecule has 0 bridgehead atoms. The van der Waals surface area contributed by atoms with Crippen molar-refractivity contribution in [2.24, 2.45) is 0 Å². The zero-order chi connectivity index (χ0) is 12.5. The molecule has 1 heterocycles. The van der Waals surface area contributed by atoms with Gasteiger partial charge in [0, 0.05) is 12.1 Å². The molecule has 1 aliphatic rings. The molecule has 2 nitrogen and oxygen atoms in total. The minimum absolute atomic E-state index is 0.749. The summed E-state index contributed by atoms with van der Waals surface area (Å²) in [6.45, 7) is 10.8. The van der Waals surface area contributed by atoms with Gasteiger partial charge >= 0.3 is 0 Å². The van der Waals surface area contributed by atoms with E-state index in [1.165, 1.54) is 64.6 Å². The van der Waals surface area contributed by atoms with Gasteiger partial charge in [-0.05, 0) is 58.7 Å². The van der Waals surface area contributed by atoms with E-state index in [0.29, 0.717) is 0 Å². The zero-order valence-corrected chi connectivity index (χ0v) is 12.2. The van der Waals surface area contributed by atoms with Crippen molar-refractivity contribution in [3.05, 3.63) is 0 Å². The molecule has 1 rings (SSSR count). The van der Waals surface area contributed by atoms with Crippen LogP contribution in [-0.4, -0.2) is 36.6 Å². The maximum absolute atomic E-state index is 3.70. The van der Waals surface area contributed by atoms with Gasteiger partial charge in [0.1, 0.15) is 0 Å². The number of likely N-dealkylation sites (tertiary alicyclic amines) is 1. The molecule has 0 spiro atoms. The summed E-state index contributed by atoms with van der Waals surface area (Å²) >= 11 is 0. The fraction of sp³-hybridized carbons (Fsp3) is 1.00. The summed E-state index contributed by atoms with van der Waals surface area (Å²) < 4.78 is 0. The summed E-state index contributed by atoms with van der Waals surface area (Å²) in [4.78, 5) is 2.67. The van der Waals surface area contributed by atoms with Gasteiger partial charge in [0.15, 0.2) is 0 Å². The molecule has 0 amide bonds. The fourth-order valence-corrected chi connectivity index (χ4v) is 2.88. The van der Waals surface area contributed by atoms with E-state index in [1.807, 2.05) is 0 Å². The number of nitrogens with one attached hydrogen (secondary N) is 1. The van der Waals surface area contributed by atoms with Gasteiger partial charge in [-0.15, -0.1) is 0 Å². The highest BCUT2D eigenvalue weighted by atomic mass is 15.2. The van der Waals surface area contributed by atoms with Crippen LogP contribution in [0.25, 0.3) is 0 Å². The van der Waals surface area contributed by atoms with Crippen molar-refractivity contribution in [2.45, 2.75) is 77.8 Å². The van der Waals surface area contributed by atoms with E-state index >= 15 is 0 Å². The van der Waals surface area contributed by atoms with E-state index in [9.17, 15) is 0 Å². The number of hydrogen-bond donors (Lipinski definition) is 1. The van der Waals surface area contributed by atoms with Gasteiger partial charge in [-0.25, -0.2) is 0 Å². The lowest BCUT2D eigenvalue weighted by atomic mass is 10.0. The average molecular weight is 240 g/mol. The number of rotatable bonds is 8. The highest BCUT2D eigenvalue weighted by Gasteiger charge is 2.17. The Morgan fingerprint density at radius 1 is 1.29 bits per heavy atom. The maximum Gasteiger partial charge on any atom is 0.00669 e. The first kappa shape index (κ1) is 15.0. The lowest BCUT2D eigenvalue weighted by Gasteiger charge is -2.33. The predicted molar refractivity (Wildman–Crippen MR) is 76.5 cm³/mol. The number of nitrogens with zero attached hydrogens (tertiary/aromatic N) is 1. The first-order valence-electron chi connectivity index (χ1n) is 7.75. The Balaban J connectivity index is 2.06. The molecule has 0 aromatic carbocycles. The molecule has 1 saturated heterocycles. The fourth-order valence-electron chi connectivity index (χ4n) is 2.88. The summed E-state index contributed by atoms with van der Waals surface area (Å²) in [6, 6.07) is 1.57. The van der Waals surface area contributed by atoms with Gasteiger partial charge in [0.25, 0.3) is 0 Å². The van der Waals surface area contributed by atoms with Crippen molar-refractivity contribution in [3.63, 3.8) is 0 Å². The third-order valence-electron chi connectivity index (χ3n) is 4.13. The van der Waals surface area contributed by atoms with Crippen molar-refractivity contribution < 1.29 is 0 Å². The van der Waals surface area contributed by atoms with Gasteiger partial charge in [0.05, 0.1) is 0 Å². The summed E-state index contributed by atoms with van der Waals surface area (Å²) in [5.74, 6) is 0. The van der Waals surface area contributed by atoms with Crippen LogP contribution in [0.1, 0.15) is 65.7 Å². The van der Waals surface area contributed by atoms with Crippen molar-refractivity contribution in [1.29, 1.82) is 0 Å². The SMILES string of the molecule is CCCC(CC)NCCCN1CCCCC1C. The standard InChI is InChI=1S/C15H32N2/c1-4-9-15(5-2)16-11-8-13-17-12-7-6-10-14(17)3/h14-16H,4-13H2,1-3H3. The number of piperidine rings is 1.